The van der Waals surface area contributed by atoms with Crippen LogP contribution in [0.4, 0.5) is 26.3 Å². The van der Waals surface area contributed by atoms with Crippen LogP contribution in [0.2, 0.25) is 0 Å². The van der Waals surface area contributed by atoms with Gasteiger partial charge in [-0.25, -0.2) is 4.98 Å². The average molecular weight is 306 g/mol. The van der Waals surface area contributed by atoms with E-state index in [1.165, 1.54) is 18.3 Å². The van der Waals surface area contributed by atoms with E-state index in [2.05, 4.69) is 11.1 Å². The molecule has 0 unspecified atom stereocenters. The first-order valence-electron chi connectivity index (χ1n) is 5.46. The van der Waals surface area contributed by atoms with Gasteiger partial charge in [-0.05, 0) is 24.3 Å². The van der Waals surface area contributed by atoms with Crippen LogP contribution >= 0.6 is 0 Å². The molecule has 0 fully saturated rings. The molecule has 0 spiro atoms. The standard InChI is InChI=1S/C13H6F6NO/c14-12(15,16)8-5-9(13(17,18)19)7-10(6-8)21-11-3-1-2-4-20-11/h1,3-7H. The highest BCUT2D eigenvalue weighted by Gasteiger charge is 2.37. The topological polar surface area (TPSA) is 22.1 Å². The molecular weight excluding hydrogens is 300 g/mol. The van der Waals surface area contributed by atoms with E-state index >= 15 is 0 Å². The molecule has 2 aromatic rings. The Morgan fingerprint density at radius 3 is 1.90 bits per heavy atom. The summed E-state index contributed by atoms with van der Waals surface area (Å²) in [7, 11) is 0. The molecule has 1 heterocycles. The number of halogens is 6. The summed E-state index contributed by atoms with van der Waals surface area (Å²) in [5.74, 6) is -0.739. The molecule has 111 valence electrons. The second-order valence-electron chi connectivity index (χ2n) is 3.94. The maximum absolute atomic E-state index is 12.6. The van der Waals surface area contributed by atoms with Crippen molar-refractivity contribution in [1.82, 2.24) is 4.98 Å². The fourth-order valence-electron chi connectivity index (χ4n) is 1.47. The number of benzene rings is 1. The van der Waals surface area contributed by atoms with Gasteiger partial charge in [0.25, 0.3) is 0 Å². The zero-order valence-electron chi connectivity index (χ0n) is 10.1. The zero-order chi connectivity index (χ0) is 15.7. The largest absolute Gasteiger partial charge is 0.439 e. The van der Waals surface area contributed by atoms with Crippen LogP contribution in [0.5, 0.6) is 11.6 Å². The van der Waals surface area contributed by atoms with Crippen molar-refractivity contribution in [2.24, 2.45) is 0 Å². The molecule has 0 atom stereocenters. The smallest absolute Gasteiger partial charge is 0.416 e. The van der Waals surface area contributed by atoms with Crippen molar-refractivity contribution in [3.8, 4) is 11.6 Å². The molecule has 8 heteroatoms. The lowest BCUT2D eigenvalue weighted by Crippen LogP contribution is -2.11. The SMILES string of the molecule is FC(F)(F)c1cc(Oc2cc[c]cn2)cc(C(F)(F)F)c1. The van der Waals surface area contributed by atoms with Crippen LogP contribution in [-0.4, -0.2) is 4.98 Å². The Morgan fingerprint density at radius 2 is 1.48 bits per heavy atom. The highest BCUT2D eigenvalue weighted by atomic mass is 19.4. The van der Waals surface area contributed by atoms with Crippen LogP contribution in [0.25, 0.3) is 0 Å². The van der Waals surface area contributed by atoms with Crippen molar-refractivity contribution in [2.45, 2.75) is 12.4 Å². The Bertz CT molecular complexity index is 589. The lowest BCUT2D eigenvalue weighted by Gasteiger charge is -2.14. The molecule has 2 nitrogen and oxygen atoms in total. The Balaban J connectivity index is 2.45. The van der Waals surface area contributed by atoms with Crippen LogP contribution in [0.15, 0.2) is 36.5 Å². The number of alkyl halides is 6. The van der Waals surface area contributed by atoms with Gasteiger partial charge in [0.1, 0.15) is 5.75 Å². The number of rotatable bonds is 2. The van der Waals surface area contributed by atoms with Gasteiger partial charge in [-0.15, -0.1) is 0 Å². The van der Waals surface area contributed by atoms with Crippen LogP contribution in [-0.2, 0) is 12.4 Å². The maximum Gasteiger partial charge on any atom is 0.416 e. The minimum atomic E-state index is -4.92. The van der Waals surface area contributed by atoms with Gasteiger partial charge in [-0.1, -0.05) is 0 Å². The van der Waals surface area contributed by atoms with E-state index in [1.54, 1.807) is 0 Å². The lowest BCUT2D eigenvalue weighted by atomic mass is 10.1. The summed E-state index contributed by atoms with van der Waals surface area (Å²) in [4.78, 5) is 3.62. The molecule has 2 rings (SSSR count). The number of hydrogen-bond donors (Lipinski definition) is 0. The summed E-state index contributed by atoms with van der Waals surface area (Å²) in [6, 6.07) is 6.14. The summed E-state index contributed by atoms with van der Waals surface area (Å²) < 4.78 is 80.7. The van der Waals surface area contributed by atoms with Gasteiger partial charge in [-0.2, -0.15) is 26.3 Å². The summed E-state index contributed by atoms with van der Waals surface area (Å²) in [5, 5.41) is 0. The summed E-state index contributed by atoms with van der Waals surface area (Å²) >= 11 is 0. The van der Waals surface area contributed by atoms with Gasteiger partial charge in [-0.3, -0.25) is 0 Å². The van der Waals surface area contributed by atoms with E-state index < -0.39 is 29.2 Å². The van der Waals surface area contributed by atoms with Crippen molar-refractivity contribution >= 4 is 0 Å². The van der Waals surface area contributed by atoms with Gasteiger partial charge < -0.3 is 4.74 Å². The van der Waals surface area contributed by atoms with Gasteiger partial charge in [0.15, 0.2) is 0 Å². The van der Waals surface area contributed by atoms with Crippen molar-refractivity contribution in [3.05, 3.63) is 53.7 Å². The van der Waals surface area contributed by atoms with E-state index in [0.29, 0.717) is 12.1 Å². The fraction of sp³-hybridized carbons (Fsp3) is 0.154. The number of aromatic nitrogens is 1. The van der Waals surface area contributed by atoms with Crippen molar-refractivity contribution < 1.29 is 31.1 Å². The predicted octanol–water partition coefficient (Wildman–Crippen LogP) is 4.71. The molecule has 0 amide bonds. The second-order valence-corrected chi connectivity index (χ2v) is 3.94. The molecule has 0 aliphatic rings. The monoisotopic (exact) mass is 306 g/mol. The Labute approximate surface area is 115 Å². The molecule has 1 aromatic carbocycles. The first-order valence-corrected chi connectivity index (χ1v) is 5.46. The van der Waals surface area contributed by atoms with E-state index in [0.717, 1.165) is 0 Å². The van der Waals surface area contributed by atoms with Crippen LogP contribution in [0.3, 0.4) is 0 Å². The van der Waals surface area contributed by atoms with E-state index in [-0.39, 0.29) is 11.9 Å². The molecule has 0 aliphatic carbocycles. The molecule has 0 N–H and O–H groups in total. The second kappa shape index (κ2) is 5.27. The lowest BCUT2D eigenvalue weighted by molar-refractivity contribution is -0.143. The van der Waals surface area contributed by atoms with E-state index in [9.17, 15) is 26.3 Å². The minimum Gasteiger partial charge on any atom is -0.439 e. The van der Waals surface area contributed by atoms with E-state index in [1.807, 2.05) is 0 Å². The van der Waals surface area contributed by atoms with Gasteiger partial charge in [0.05, 0.1) is 11.1 Å². The molecule has 1 radical (unpaired) electrons. The maximum atomic E-state index is 12.6. The Morgan fingerprint density at radius 1 is 0.905 bits per heavy atom. The van der Waals surface area contributed by atoms with Crippen LogP contribution < -0.4 is 4.74 Å². The first-order chi connectivity index (χ1) is 9.66. The quantitative estimate of drug-likeness (QED) is 0.750. The third-order valence-corrected chi connectivity index (χ3v) is 2.37. The highest BCUT2D eigenvalue weighted by Crippen LogP contribution is 2.38. The van der Waals surface area contributed by atoms with Gasteiger partial charge >= 0.3 is 12.4 Å². The molecule has 0 bridgehead atoms. The van der Waals surface area contributed by atoms with Gasteiger partial charge in [0.2, 0.25) is 5.88 Å². The van der Waals surface area contributed by atoms with Crippen molar-refractivity contribution in [3.63, 3.8) is 0 Å². The molecule has 21 heavy (non-hydrogen) atoms. The molecule has 0 saturated carbocycles. The first kappa shape index (κ1) is 15.1. The Kier molecular flexibility index (Phi) is 3.80. The Hall–Kier alpha value is -2.25. The summed E-state index contributed by atoms with van der Waals surface area (Å²) in [6.45, 7) is 0. The molecular formula is C13H6F6NO. The number of ether oxygens (including phenoxy) is 1. The van der Waals surface area contributed by atoms with Crippen molar-refractivity contribution in [1.29, 1.82) is 0 Å². The minimum absolute atomic E-state index is 0.0268. The summed E-state index contributed by atoms with van der Waals surface area (Å²) in [6.07, 6.45) is -8.66. The fourth-order valence-corrected chi connectivity index (χ4v) is 1.47. The predicted molar refractivity (Wildman–Crippen MR) is 59.6 cm³/mol. The summed E-state index contributed by atoms with van der Waals surface area (Å²) in [5.41, 5.74) is -2.90. The third-order valence-electron chi connectivity index (χ3n) is 2.37. The van der Waals surface area contributed by atoms with Gasteiger partial charge in [0, 0.05) is 18.3 Å². The van der Waals surface area contributed by atoms with E-state index in [4.69, 9.17) is 4.74 Å². The molecule has 1 aromatic heterocycles. The zero-order valence-corrected chi connectivity index (χ0v) is 10.1. The third kappa shape index (κ3) is 3.87. The number of pyridine rings is 1. The van der Waals surface area contributed by atoms with Crippen molar-refractivity contribution in [2.75, 3.05) is 0 Å². The normalized spacial score (nSPS) is 12.3. The average Bonchev–Trinajstić information content (AvgIpc) is 2.37. The number of hydrogen-bond acceptors (Lipinski definition) is 2. The number of nitrogens with zero attached hydrogens (tertiary/aromatic N) is 1. The molecule has 0 aliphatic heterocycles. The van der Waals surface area contributed by atoms with Crippen LogP contribution in [0.1, 0.15) is 11.1 Å². The van der Waals surface area contributed by atoms with Crippen LogP contribution in [0, 0.1) is 6.07 Å². The molecule has 0 saturated heterocycles. The highest BCUT2D eigenvalue weighted by molar-refractivity contribution is 5.39.